The Labute approximate surface area is 129 Å². The lowest BCUT2D eigenvalue weighted by molar-refractivity contribution is 0.0787. The van der Waals surface area contributed by atoms with Crippen molar-refractivity contribution in [2.45, 2.75) is 26.8 Å². The number of hydrogen-bond acceptors (Lipinski definition) is 5. The zero-order valence-corrected chi connectivity index (χ0v) is 13.4. The smallest absolute Gasteiger partial charge is 0.257 e. The molecule has 0 fully saturated rings. The molecule has 0 aliphatic rings. The van der Waals surface area contributed by atoms with Gasteiger partial charge in [0.05, 0.1) is 29.0 Å². The minimum atomic E-state index is -0.0329. The number of thiazole rings is 1. The van der Waals surface area contributed by atoms with Crippen molar-refractivity contribution in [3.8, 4) is 0 Å². The SMILES string of the molecule is CCCNc1ccncc1C(=O)N(C)Cc1scnc1C. The number of carbonyl (C=O) groups is 1. The lowest BCUT2D eigenvalue weighted by Crippen LogP contribution is -2.27. The first-order valence-electron chi connectivity index (χ1n) is 6.95. The monoisotopic (exact) mass is 304 g/mol. The second kappa shape index (κ2) is 7.17. The molecule has 0 aliphatic carbocycles. The molecule has 2 rings (SSSR count). The first-order valence-corrected chi connectivity index (χ1v) is 7.83. The van der Waals surface area contributed by atoms with Crippen molar-refractivity contribution in [2.24, 2.45) is 0 Å². The van der Waals surface area contributed by atoms with Crippen molar-refractivity contribution >= 4 is 22.9 Å². The fourth-order valence-corrected chi connectivity index (χ4v) is 2.78. The Morgan fingerprint density at radius 2 is 2.29 bits per heavy atom. The van der Waals surface area contributed by atoms with Crippen LogP contribution >= 0.6 is 11.3 Å². The third-order valence-electron chi connectivity index (χ3n) is 3.19. The van der Waals surface area contributed by atoms with E-state index >= 15 is 0 Å². The van der Waals surface area contributed by atoms with Gasteiger partial charge in [-0.15, -0.1) is 11.3 Å². The molecule has 0 aliphatic heterocycles. The second-order valence-corrected chi connectivity index (χ2v) is 5.81. The van der Waals surface area contributed by atoms with Crippen molar-refractivity contribution in [3.63, 3.8) is 0 Å². The van der Waals surface area contributed by atoms with Crippen LogP contribution in [0.3, 0.4) is 0 Å². The Kier molecular flexibility index (Phi) is 5.27. The predicted molar refractivity (Wildman–Crippen MR) is 85.7 cm³/mol. The fraction of sp³-hybridized carbons (Fsp3) is 0.400. The summed E-state index contributed by atoms with van der Waals surface area (Å²) >= 11 is 1.57. The van der Waals surface area contributed by atoms with Crippen molar-refractivity contribution in [1.29, 1.82) is 0 Å². The molecule has 0 saturated carbocycles. The summed E-state index contributed by atoms with van der Waals surface area (Å²) in [6, 6.07) is 1.84. The first kappa shape index (κ1) is 15.4. The highest BCUT2D eigenvalue weighted by Gasteiger charge is 2.17. The van der Waals surface area contributed by atoms with Crippen molar-refractivity contribution in [1.82, 2.24) is 14.9 Å². The third-order valence-corrected chi connectivity index (χ3v) is 4.11. The van der Waals surface area contributed by atoms with Crippen LogP contribution in [-0.4, -0.2) is 34.4 Å². The second-order valence-electron chi connectivity index (χ2n) is 4.87. The quantitative estimate of drug-likeness (QED) is 0.891. The lowest BCUT2D eigenvalue weighted by atomic mass is 10.2. The Morgan fingerprint density at radius 3 is 2.95 bits per heavy atom. The van der Waals surface area contributed by atoms with Crippen LogP contribution in [0.25, 0.3) is 0 Å². The highest BCUT2D eigenvalue weighted by molar-refractivity contribution is 7.09. The molecule has 1 N–H and O–H groups in total. The predicted octanol–water partition coefficient (Wildman–Crippen LogP) is 2.94. The maximum absolute atomic E-state index is 12.6. The van der Waals surface area contributed by atoms with E-state index in [1.165, 1.54) is 0 Å². The van der Waals surface area contributed by atoms with Gasteiger partial charge in [-0.25, -0.2) is 4.98 Å². The van der Waals surface area contributed by atoms with E-state index in [1.807, 2.05) is 13.0 Å². The highest BCUT2D eigenvalue weighted by atomic mass is 32.1. The van der Waals surface area contributed by atoms with Gasteiger partial charge in [0.25, 0.3) is 5.91 Å². The molecular weight excluding hydrogens is 284 g/mol. The maximum atomic E-state index is 12.6. The standard InChI is InChI=1S/C15H20N4OS/c1-4-6-17-13-5-7-16-8-12(13)15(20)19(3)9-14-11(2)18-10-21-14/h5,7-8,10H,4,6,9H2,1-3H3,(H,16,17). The molecule has 112 valence electrons. The zero-order chi connectivity index (χ0) is 15.2. The van der Waals surface area contributed by atoms with E-state index in [-0.39, 0.29) is 5.91 Å². The van der Waals surface area contributed by atoms with Crippen LogP contribution < -0.4 is 5.32 Å². The van der Waals surface area contributed by atoms with Crippen LogP contribution in [0.5, 0.6) is 0 Å². The molecule has 21 heavy (non-hydrogen) atoms. The van der Waals surface area contributed by atoms with Crippen LogP contribution in [-0.2, 0) is 6.54 Å². The fourth-order valence-electron chi connectivity index (χ4n) is 1.95. The average molecular weight is 304 g/mol. The van der Waals surface area contributed by atoms with E-state index in [4.69, 9.17) is 0 Å². The Balaban J connectivity index is 2.13. The van der Waals surface area contributed by atoms with E-state index in [1.54, 1.807) is 41.2 Å². The van der Waals surface area contributed by atoms with Crippen molar-refractivity contribution in [3.05, 3.63) is 40.1 Å². The van der Waals surface area contributed by atoms with E-state index < -0.39 is 0 Å². The number of rotatable bonds is 6. The van der Waals surface area contributed by atoms with Crippen LogP contribution in [0.1, 0.15) is 34.3 Å². The minimum Gasteiger partial charge on any atom is -0.384 e. The number of carbonyl (C=O) groups excluding carboxylic acids is 1. The van der Waals surface area contributed by atoms with Gasteiger partial charge < -0.3 is 10.2 Å². The molecule has 2 heterocycles. The summed E-state index contributed by atoms with van der Waals surface area (Å²) in [4.78, 5) is 23.7. The molecule has 2 aromatic heterocycles. The van der Waals surface area contributed by atoms with Crippen LogP contribution in [0.4, 0.5) is 5.69 Å². The highest BCUT2D eigenvalue weighted by Crippen LogP contribution is 2.19. The first-order chi connectivity index (χ1) is 10.1. The number of nitrogens with one attached hydrogen (secondary N) is 1. The van der Waals surface area contributed by atoms with Crippen LogP contribution in [0.2, 0.25) is 0 Å². The number of pyridine rings is 1. The van der Waals surface area contributed by atoms with E-state index in [0.717, 1.165) is 29.2 Å². The van der Waals surface area contributed by atoms with E-state index in [2.05, 4.69) is 22.2 Å². The minimum absolute atomic E-state index is 0.0329. The normalized spacial score (nSPS) is 10.4. The van der Waals surface area contributed by atoms with Gasteiger partial charge in [0.1, 0.15) is 0 Å². The Morgan fingerprint density at radius 1 is 1.48 bits per heavy atom. The molecule has 0 atom stereocenters. The number of aryl methyl sites for hydroxylation is 1. The summed E-state index contributed by atoms with van der Waals surface area (Å²) in [6.45, 7) is 5.45. The van der Waals surface area contributed by atoms with Gasteiger partial charge >= 0.3 is 0 Å². The Hall–Kier alpha value is -1.95. The van der Waals surface area contributed by atoms with Crippen molar-refractivity contribution in [2.75, 3.05) is 18.9 Å². The molecule has 0 bridgehead atoms. The molecular formula is C15H20N4OS. The number of hydrogen-bond donors (Lipinski definition) is 1. The third kappa shape index (κ3) is 3.78. The summed E-state index contributed by atoms with van der Waals surface area (Å²) in [7, 11) is 1.80. The van der Waals surface area contributed by atoms with Gasteiger partial charge in [-0.05, 0) is 19.4 Å². The van der Waals surface area contributed by atoms with Crippen molar-refractivity contribution < 1.29 is 4.79 Å². The van der Waals surface area contributed by atoms with E-state index in [9.17, 15) is 4.79 Å². The Bertz CT molecular complexity index is 611. The molecule has 1 amide bonds. The van der Waals surface area contributed by atoms with Gasteiger partial charge in [-0.2, -0.15) is 0 Å². The molecule has 5 nitrogen and oxygen atoms in total. The van der Waals surface area contributed by atoms with Gasteiger partial charge in [-0.1, -0.05) is 6.92 Å². The molecule has 6 heteroatoms. The van der Waals surface area contributed by atoms with Gasteiger partial charge in [0.2, 0.25) is 0 Å². The maximum Gasteiger partial charge on any atom is 0.257 e. The number of aromatic nitrogens is 2. The summed E-state index contributed by atoms with van der Waals surface area (Å²) in [5.41, 5.74) is 4.23. The number of anilines is 1. The summed E-state index contributed by atoms with van der Waals surface area (Å²) in [5.74, 6) is -0.0329. The molecule has 0 radical (unpaired) electrons. The molecule has 2 aromatic rings. The average Bonchev–Trinajstić information content (AvgIpc) is 2.90. The lowest BCUT2D eigenvalue weighted by Gasteiger charge is -2.18. The molecule has 0 unspecified atom stereocenters. The van der Waals surface area contributed by atoms with Gasteiger partial charge in [-0.3, -0.25) is 9.78 Å². The number of amides is 1. The zero-order valence-electron chi connectivity index (χ0n) is 12.6. The van der Waals surface area contributed by atoms with E-state index in [0.29, 0.717) is 12.1 Å². The number of nitrogens with zero attached hydrogens (tertiary/aromatic N) is 3. The topological polar surface area (TPSA) is 58.1 Å². The molecule has 0 aromatic carbocycles. The van der Waals surface area contributed by atoms with Gasteiger partial charge in [0, 0.05) is 30.9 Å². The summed E-state index contributed by atoms with van der Waals surface area (Å²) in [6.07, 6.45) is 4.32. The summed E-state index contributed by atoms with van der Waals surface area (Å²) in [5, 5.41) is 3.27. The van der Waals surface area contributed by atoms with Crippen LogP contribution in [0, 0.1) is 6.92 Å². The molecule has 0 saturated heterocycles. The van der Waals surface area contributed by atoms with Gasteiger partial charge in [0.15, 0.2) is 0 Å². The van der Waals surface area contributed by atoms with Crippen LogP contribution in [0.15, 0.2) is 24.0 Å². The summed E-state index contributed by atoms with van der Waals surface area (Å²) < 4.78 is 0. The largest absolute Gasteiger partial charge is 0.384 e. The molecule has 0 spiro atoms.